The highest BCUT2D eigenvalue weighted by Gasteiger charge is 2.31. The summed E-state index contributed by atoms with van der Waals surface area (Å²) in [7, 11) is 0. The number of nitrogens with two attached hydrogens (primary N) is 5. The molecule has 4 atom stereocenters. The number of carbonyl (C=O) groups excluding carboxylic acids is 5. The normalized spacial score (nSPS) is 13.6. The fourth-order valence-corrected chi connectivity index (χ4v) is 3.40. The molecular formula is C22H37N11O7. The van der Waals surface area contributed by atoms with Crippen LogP contribution in [0, 0.1) is 0 Å². The minimum atomic E-state index is -1.47. The van der Waals surface area contributed by atoms with Crippen LogP contribution in [0.4, 0.5) is 0 Å². The first-order valence-electron chi connectivity index (χ1n) is 12.3. The maximum atomic E-state index is 13.2. The van der Waals surface area contributed by atoms with E-state index in [0.717, 1.165) is 0 Å². The van der Waals surface area contributed by atoms with Gasteiger partial charge in [-0.15, -0.1) is 0 Å². The highest BCUT2D eigenvalue weighted by Crippen LogP contribution is 2.06. The van der Waals surface area contributed by atoms with Gasteiger partial charge in [0.1, 0.15) is 18.1 Å². The predicted octanol–water partition coefficient (Wildman–Crippen LogP) is -4.60. The van der Waals surface area contributed by atoms with Crippen LogP contribution in [0.5, 0.6) is 0 Å². The van der Waals surface area contributed by atoms with Gasteiger partial charge in [0, 0.05) is 37.7 Å². The quantitative estimate of drug-likeness (QED) is 0.0430. The van der Waals surface area contributed by atoms with Crippen molar-refractivity contribution in [1.29, 1.82) is 0 Å². The number of rotatable bonds is 19. The molecule has 40 heavy (non-hydrogen) atoms. The molecule has 0 fully saturated rings. The summed E-state index contributed by atoms with van der Waals surface area (Å²) in [5.74, 6) is -5.48. The number of aromatic nitrogens is 2. The van der Waals surface area contributed by atoms with Crippen LogP contribution < -0.4 is 44.6 Å². The minimum absolute atomic E-state index is 0.113. The number of carboxylic acid groups (broad SMARTS) is 1. The Hall–Kier alpha value is -4.74. The Kier molecular flexibility index (Phi) is 14.1. The number of guanidine groups is 1. The van der Waals surface area contributed by atoms with Crippen LogP contribution in [0.3, 0.4) is 0 Å². The fraction of sp³-hybridized carbons (Fsp3) is 0.545. The van der Waals surface area contributed by atoms with E-state index in [9.17, 15) is 33.9 Å². The number of aromatic amines is 1. The number of carboxylic acids is 1. The summed E-state index contributed by atoms with van der Waals surface area (Å²) in [5, 5.41) is 16.6. The molecule has 4 unspecified atom stereocenters. The summed E-state index contributed by atoms with van der Waals surface area (Å²) < 4.78 is 0. The number of nitrogens with one attached hydrogen (secondary N) is 4. The van der Waals surface area contributed by atoms with E-state index in [2.05, 4.69) is 30.9 Å². The molecule has 0 aromatic carbocycles. The number of carbonyl (C=O) groups is 6. The second-order valence-electron chi connectivity index (χ2n) is 8.87. The zero-order chi connectivity index (χ0) is 30.2. The minimum Gasteiger partial charge on any atom is -0.480 e. The zero-order valence-electron chi connectivity index (χ0n) is 21.8. The Morgan fingerprint density at radius 3 is 1.93 bits per heavy atom. The van der Waals surface area contributed by atoms with E-state index in [-0.39, 0.29) is 51.0 Å². The molecule has 0 bridgehead atoms. The van der Waals surface area contributed by atoms with Crippen molar-refractivity contribution in [3.8, 4) is 0 Å². The van der Waals surface area contributed by atoms with E-state index in [1.54, 1.807) is 0 Å². The van der Waals surface area contributed by atoms with Gasteiger partial charge >= 0.3 is 5.97 Å². The summed E-state index contributed by atoms with van der Waals surface area (Å²) in [6.45, 7) is 0.232. The summed E-state index contributed by atoms with van der Waals surface area (Å²) in [6.07, 6.45) is 2.08. The van der Waals surface area contributed by atoms with E-state index >= 15 is 0 Å². The van der Waals surface area contributed by atoms with Crippen molar-refractivity contribution in [1.82, 2.24) is 25.9 Å². The SMILES string of the molecule is NC(=O)CCC(NC(=O)C(Cc1cnc[nH]1)NC(=O)C(CCC(N)=O)NC(=O)C(N)CCCN=C(N)N)C(=O)O. The number of amides is 5. The molecule has 0 radical (unpaired) electrons. The van der Waals surface area contributed by atoms with Crippen molar-refractivity contribution in [2.45, 2.75) is 69.1 Å². The highest BCUT2D eigenvalue weighted by molar-refractivity contribution is 5.94. The van der Waals surface area contributed by atoms with Crippen LogP contribution in [-0.2, 0) is 35.2 Å². The molecule has 222 valence electrons. The van der Waals surface area contributed by atoms with Crippen molar-refractivity contribution in [3.63, 3.8) is 0 Å². The van der Waals surface area contributed by atoms with Gasteiger partial charge in [0.05, 0.1) is 12.4 Å². The van der Waals surface area contributed by atoms with Crippen LogP contribution in [-0.4, -0.2) is 87.3 Å². The van der Waals surface area contributed by atoms with Crippen LogP contribution >= 0.6 is 0 Å². The smallest absolute Gasteiger partial charge is 0.326 e. The molecule has 0 aliphatic carbocycles. The maximum absolute atomic E-state index is 13.2. The van der Waals surface area contributed by atoms with Crippen LogP contribution in [0.25, 0.3) is 0 Å². The monoisotopic (exact) mass is 567 g/mol. The lowest BCUT2D eigenvalue weighted by Gasteiger charge is -2.25. The topological polar surface area (TPSA) is 330 Å². The molecule has 18 nitrogen and oxygen atoms in total. The van der Waals surface area contributed by atoms with E-state index in [1.165, 1.54) is 12.5 Å². The Labute approximate surface area is 229 Å². The van der Waals surface area contributed by atoms with Crippen LogP contribution in [0.2, 0.25) is 0 Å². The van der Waals surface area contributed by atoms with Gasteiger partial charge < -0.3 is 54.7 Å². The first-order chi connectivity index (χ1) is 18.8. The van der Waals surface area contributed by atoms with Crippen LogP contribution in [0.15, 0.2) is 17.5 Å². The molecule has 15 N–H and O–H groups in total. The Morgan fingerprint density at radius 2 is 1.40 bits per heavy atom. The van der Waals surface area contributed by atoms with Gasteiger partial charge in [-0.25, -0.2) is 9.78 Å². The molecule has 0 saturated heterocycles. The summed E-state index contributed by atoms with van der Waals surface area (Å²) in [5.41, 5.74) is 27.1. The number of nitrogens with zero attached hydrogens (tertiary/aromatic N) is 2. The molecule has 1 heterocycles. The molecule has 0 aliphatic rings. The van der Waals surface area contributed by atoms with Crippen molar-refractivity contribution >= 4 is 41.5 Å². The molecule has 0 aliphatic heterocycles. The molecule has 0 spiro atoms. The molecule has 1 aromatic rings. The maximum Gasteiger partial charge on any atom is 0.326 e. The number of hydrogen-bond donors (Lipinski definition) is 10. The van der Waals surface area contributed by atoms with Gasteiger partial charge in [0.15, 0.2) is 5.96 Å². The molecule has 18 heteroatoms. The van der Waals surface area contributed by atoms with Crippen molar-refractivity contribution in [2.24, 2.45) is 33.7 Å². The van der Waals surface area contributed by atoms with Crippen molar-refractivity contribution in [3.05, 3.63) is 18.2 Å². The van der Waals surface area contributed by atoms with E-state index in [4.69, 9.17) is 28.7 Å². The van der Waals surface area contributed by atoms with E-state index < -0.39 is 59.7 Å². The Balaban J connectivity index is 3.03. The average Bonchev–Trinajstić information content (AvgIpc) is 3.38. The lowest BCUT2D eigenvalue weighted by atomic mass is 10.1. The first-order valence-corrected chi connectivity index (χ1v) is 12.3. The number of hydrogen-bond acceptors (Lipinski definition) is 9. The summed E-state index contributed by atoms with van der Waals surface area (Å²) in [6, 6.07) is -5.16. The van der Waals surface area contributed by atoms with E-state index in [1.807, 2.05) is 0 Å². The van der Waals surface area contributed by atoms with Crippen molar-refractivity contribution in [2.75, 3.05) is 6.54 Å². The lowest BCUT2D eigenvalue weighted by molar-refractivity contribution is -0.142. The van der Waals surface area contributed by atoms with Gasteiger partial charge in [0.2, 0.25) is 29.5 Å². The van der Waals surface area contributed by atoms with Gasteiger partial charge in [0.25, 0.3) is 0 Å². The number of aliphatic imine (C=N–C) groups is 1. The fourth-order valence-electron chi connectivity index (χ4n) is 3.40. The second kappa shape index (κ2) is 17.0. The number of imidazole rings is 1. The number of primary amides is 2. The third-order valence-electron chi connectivity index (χ3n) is 5.52. The van der Waals surface area contributed by atoms with Gasteiger partial charge in [-0.1, -0.05) is 0 Å². The molecule has 0 saturated carbocycles. The summed E-state index contributed by atoms with van der Waals surface area (Å²) in [4.78, 5) is 83.3. The highest BCUT2D eigenvalue weighted by atomic mass is 16.4. The third kappa shape index (κ3) is 13.2. The lowest BCUT2D eigenvalue weighted by Crippen LogP contribution is -2.57. The van der Waals surface area contributed by atoms with Gasteiger partial charge in [-0.2, -0.15) is 0 Å². The average molecular weight is 568 g/mol. The van der Waals surface area contributed by atoms with Gasteiger partial charge in [-0.05, 0) is 25.7 Å². The predicted molar refractivity (Wildman–Crippen MR) is 140 cm³/mol. The standard InChI is InChI=1S/C22H37N11O7/c23-12(2-1-7-29-22(26)27)18(36)31-13(3-5-16(24)34)19(37)33-15(8-11-9-28-10-30-11)20(38)32-14(21(39)40)4-6-17(25)35/h9-10,12-15H,1-8,23H2,(H2,24,34)(H2,25,35)(H,28,30)(H,31,36)(H,32,38)(H,33,37)(H,39,40)(H4,26,27,29). The Morgan fingerprint density at radius 1 is 0.850 bits per heavy atom. The zero-order valence-corrected chi connectivity index (χ0v) is 21.8. The largest absolute Gasteiger partial charge is 0.480 e. The second-order valence-corrected chi connectivity index (χ2v) is 8.87. The van der Waals surface area contributed by atoms with E-state index in [0.29, 0.717) is 12.1 Å². The molecule has 1 rings (SSSR count). The molecule has 5 amide bonds. The van der Waals surface area contributed by atoms with Gasteiger partial charge in [-0.3, -0.25) is 29.0 Å². The summed E-state index contributed by atoms with van der Waals surface area (Å²) >= 11 is 0. The number of aliphatic carboxylic acids is 1. The molecule has 1 aromatic heterocycles. The first kappa shape index (κ1) is 33.3. The third-order valence-corrected chi connectivity index (χ3v) is 5.52. The van der Waals surface area contributed by atoms with Crippen LogP contribution in [0.1, 0.15) is 44.2 Å². The Bertz CT molecular complexity index is 1060. The number of H-pyrrole nitrogens is 1. The molecular weight excluding hydrogens is 530 g/mol. The van der Waals surface area contributed by atoms with Crippen molar-refractivity contribution < 1.29 is 33.9 Å².